The van der Waals surface area contributed by atoms with Crippen LogP contribution in [-0.2, 0) is 0 Å². The van der Waals surface area contributed by atoms with Crippen molar-refractivity contribution in [2.45, 2.75) is 17.2 Å². The maximum atomic E-state index is 4.59. The van der Waals surface area contributed by atoms with E-state index in [9.17, 15) is 0 Å². The molecule has 13 heavy (non-hydrogen) atoms. The largest absolute Gasteiger partial charge is 0.217 e. The van der Waals surface area contributed by atoms with Crippen molar-refractivity contribution in [1.29, 1.82) is 0 Å². The Kier molecular flexibility index (Phi) is 4.59. The van der Waals surface area contributed by atoms with Gasteiger partial charge in [-0.2, -0.15) is 0 Å². The van der Waals surface area contributed by atoms with E-state index in [1.165, 1.54) is 0 Å². The molecule has 2 atom stereocenters. The van der Waals surface area contributed by atoms with Crippen LogP contribution in [0, 0.1) is 0 Å². The SMILES string of the molecule is CC1(N=C=S)CSC(N=C=S)CS1. The van der Waals surface area contributed by atoms with Crippen LogP contribution in [0.15, 0.2) is 9.98 Å². The molecule has 1 saturated heterocycles. The average Bonchev–Trinajstić information content (AvgIpc) is 2.10. The fourth-order valence-corrected chi connectivity index (χ4v) is 3.85. The Morgan fingerprint density at radius 2 is 2.23 bits per heavy atom. The van der Waals surface area contributed by atoms with Gasteiger partial charge in [0, 0.05) is 11.5 Å². The van der Waals surface area contributed by atoms with E-state index >= 15 is 0 Å². The Morgan fingerprint density at radius 1 is 1.46 bits per heavy atom. The molecule has 2 nitrogen and oxygen atoms in total. The number of aliphatic imine (C=N–C) groups is 2. The van der Waals surface area contributed by atoms with Crippen molar-refractivity contribution in [2.75, 3.05) is 11.5 Å². The molecule has 0 saturated carbocycles. The molecule has 2 unspecified atom stereocenters. The number of hydrogen-bond acceptors (Lipinski definition) is 6. The van der Waals surface area contributed by atoms with Crippen molar-refractivity contribution >= 4 is 58.3 Å². The van der Waals surface area contributed by atoms with Crippen LogP contribution in [-0.4, -0.2) is 32.1 Å². The third kappa shape index (κ3) is 3.50. The lowest BCUT2D eigenvalue weighted by Crippen LogP contribution is -2.29. The Balaban J connectivity index is 2.55. The van der Waals surface area contributed by atoms with Crippen LogP contribution in [0.3, 0.4) is 0 Å². The van der Waals surface area contributed by atoms with Gasteiger partial charge in [-0.25, -0.2) is 9.98 Å². The summed E-state index contributed by atoms with van der Waals surface area (Å²) in [4.78, 5) is 8.03. The molecule has 70 valence electrons. The highest BCUT2D eigenvalue weighted by Gasteiger charge is 2.31. The molecule has 1 aliphatic heterocycles. The second kappa shape index (κ2) is 5.25. The van der Waals surface area contributed by atoms with Crippen LogP contribution in [0.1, 0.15) is 6.92 Å². The second-order valence-corrected chi connectivity index (χ2v) is 5.71. The van der Waals surface area contributed by atoms with Crippen molar-refractivity contribution in [2.24, 2.45) is 9.98 Å². The summed E-state index contributed by atoms with van der Waals surface area (Å²) < 4.78 is 0. The van der Waals surface area contributed by atoms with Crippen LogP contribution >= 0.6 is 48.0 Å². The molecule has 6 heteroatoms. The fourth-order valence-electron chi connectivity index (χ4n) is 0.886. The number of nitrogens with zero attached hydrogens (tertiary/aromatic N) is 2. The van der Waals surface area contributed by atoms with Crippen LogP contribution in [0.25, 0.3) is 0 Å². The van der Waals surface area contributed by atoms with E-state index in [-0.39, 0.29) is 10.2 Å². The molecule has 1 heterocycles. The number of thiocarbonyl (C=S) groups is 2. The molecular weight excluding hydrogens is 240 g/mol. The zero-order valence-electron chi connectivity index (χ0n) is 7.02. The lowest BCUT2D eigenvalue weighted by Gasteiger charge is -2.29. The molecular formula is C7H8N2S4. The molecule has 0 aromatic rings. The lowest BCUT2D eigenvalue weighted by molar-refractivity contribution is 0.766. The second-order valence-electron chi connectivity index (χ2n) is 2.68. The van der Waals surface area contributed by atoms with Gasteiger partial charge < -0.3 is 0 Å². The van der Waals surface area contributed by atoms with E-state index in [2.05, 4.69) is 51.7 Å². The Hall–Kier alpha value is 0.300. The standard InChI is InChI=1S/C7H8N2S4/c1-7(9-5-11)3-12-6(2-13-7)8-4-10/h6H,2-3H2,1H3. The predicted octanol–water partition coefficient (Wildman–Crippen LogP) is 2.71. The van der Waals surface area contributed by atoms with Gasteiger partial charge in [0.2, 0.25) is 0 Å². The van der Waals surface area contributed by atoms with Gasteiger partial charge in [-0.1, -0.05) is 0 Å². The van der Waals surface area contributed by atoms with Crippen LogP contribution < -0.4 is 0 Å². The predicted molar refractivity (Wildman–Crippen MR) is 67.2 cm³/mol. The van der Waals surface area contributed by atoms with E-state index in [0.29, 0.717) is 0 Å². The molecule has 0 aliphatic carbocycles. The summed E-state index contributed by atoms with van der Waals surface area (Å²) in [6, 6.07) is 0. The first-order valence-electron chi connectivity index (χ1n) is 3.62. The van der Waals surface area contributed by atoms with Gasteiger partial charge in [0.1, 0.15) is 10.2 Å². The summed E-state index contributed by atoms with van der Waals surface area (Å²) in [5.74, 6) is 1.80. The van der Waals surface area contributed by atoms with E-state index < -0.39 is 0 Å². The van der Waals surface area contributed by atoms with Crippen LogP contribution in [0.2, 0.25) is 0 Å². The van der Waals surface area contributed by atoms with Gasteiger partial charge in [0.15, 0.2) is 0 Å². The van der Waals surface area contributed by atoms with Gasteiger partial charge in [-0.3, -0.25) is 0 Å². The molecule has 1 rings (SSSR count). The smallest absolute Gasteiger partial charge is 0.122 e. The van der Waals surface area contributed by atoms with E-state index in [1.54, 1.807) is 23.5 Å². The highest BCUT2D eigenvalue weighted by molar-refractivity contribution is 8.07. The van der Waals surface area contributed by atoms with Crippen molar-refractivity contribution in [3.63, 3.8) is 0 Å². The third-order valence-electron chi connectivity index (χ3n) is 1.56. The topological polar surface area (TPSA) is 24.7 Å². The van der Waals surface area contributed by atoms with Crippen molar-refractivity contribution < 1.29 is 0 Å². The molecule has 0 N–H and O–H groups in total. The summed E-state index contributed by atoms with van der Waals surface area (Å²) in [7, 11) is 0. The molecule has 0 radical (unpaired) electrons. The molecule has 0 aromatic carbocycles. The van der Waals surface area contributed by atoms with Crippen LogP contribution in [0.5, 0.6) is 0 Å². The van der Waals surface area contributed by atoms with Crippen molar-refractivity contribution in [3.05, 3.63) is 0 Å². The highest BCUT2D eigenvalue weighted by atomic mass is 32.2. The maximum absolute atomic E-state index is 4.59. The van der Waals surface area contributed by atoms with Crippen molar-refractivity contribution in [3.8, 4) is 0 Å². The quantitative estimate of drug-likeness (QED) is 0.554. The monoisotopic (exact) mass is 248 g/mol. The minimum Gasteiger partial charge on any atom is -0.217 e. The minimum absolute atomic E-state index is 0.125. The lowest BCUT2D eigenvalue weighted by atomic mass is 10.4. The summed E-state index contributed by atoms with van der Waals surface area (Å²) in [6.07, 6.45) is 0. The van der Waals surface area contributed by atoms with Gasteiger partial charge in [0.05, 0.1) is 10.3 Å². The summed E-state index contributed by atoms with van der Waals surface area (Å²) in [5, 5.41) is 5.07. The molecule has 0 aromatic heterocycles. The van der Waals surface area contributed by atoms with Gasteiger partial charge in [-0.05, 0) is 31.4 Å². The normalized spacial score (nSPS) is 32.8. The molecule has 0 amide bonds. The first kappa shape index (κ1) is 11.4. The number of rotatable bonds is 2. The van der Waals surface area contributed by atoms with Crippen molar-refractivity contribution in [1.82, 2.24) is 0 Å². The fraction of sp³-hybridized carbons (Fsp3) is 0.714. The van der Waals surface area contributed by atoms with Gasteiger partial charge in [-0.15, -0.1) is 23.5 Å². The number of thioether (sulfide) groups is 2. The molecule has 0 spiro atoms. The zero-order chi connectivity index (χ0) is 9.73. The minimum atomic E-state index is -0.125. The van der Waals surface area contributed by atoms with E-state index in [1.807, 2.05) is 0 Å². The third-order valence-corrected chi connectivity index (χ3v) is 4.88. The van der Waals surface area contributed by atoms with Gasteiger partial charge in [0.25, 0.3) is 0 Å². The Labute approximate surface area is 96.7 Å². The summed E-state index contributed by atoms with van der Waals surface area (Å²) in [5.41, 5.74) is 0. The first-order chi connectivity index (χ1) is 6.20. The summed E-state index contributed by atoms with van der Waals surface area (Å²) in [6.45, 7) is 2.06. The average molecular weight is 248 g/mol. The number of isothiocyanates is 2. The summed E-state index contributed by atoms with van der Waals surface area (Å²) >= 11 is 12.6. The number of hydrogen-bond donors (Lipinski definition) is 0. The maximum Gasteiger partial charge on any atom is 0.122 e. The first-order valence-corrected chi connectivity index (χ1v) is 6.47. The van der Waals surface area contributed by atoms with Gasteiger partial charge >= 0.3 is 0 Å². The Bertz CT molecular complexity index is 270. The highest BCUT2D eigenvalue weighted by Crippen LogP contribution is 2.39. The zero-order valence-corrected chi connectivity index (χ0v) is 10.3. The molecule has 1 aliphatic rings. The molecule has 1 fully saturated rings. The Morgan fingerprint density at radius 3 is 2.69 bits per heavy atom. The van der Waals surface area contributed by atoms with E-state index in [0.717, 1.165) is 11.5 Å². The van der Waals surface area contributed by atoms with E-state index in [4.69, 9.17) is 0 Å². The van der Waals surface area contributed by atoms with Crippen LogP contribution in [0.4, 0.5) is 0 Å². The molecule has 0 bridgehead atoms.